The number of hydrogen-bond acceptors (Lipinski definition) is 14. The van der Waals surface area contributed by atoms with Gasteiger partial charge < -0.3 is 18.9 Å². The molecule has 0 unspecified atom stereocenters. The van der Waals surface area contributed by atoms with Gasteiger partial charge in [0.1, 0.15) is 11.1 Å². The Labute approximate surface area is 333 Å². The van der Waals surface area contributed by atoms with E-state index < -0.39 is 43.2 Å². The Kier molecular flexibility index (Phi) is 14.0. The molecule has 0 saturated heterocycles. The van der Waals surface area contributed by atoms with E-state index in [2.05, 4.69) is 10.2 Å². The van der Waals surface area contributed by atoms with Gasteiger partial charge in [0.2, 0.25) is 23.3 Å². The van der Waals surface area contributed by atoms with Gasteiger partial charge in [-0.3, -0.25) is 19.2 Å². The molecule has 2 aromatic heterocycles. The second-order valence-electron chi connectivity index (χ2n) is 12.8. The molecule has 4 aromatic rings. The van der Waals surface area contributed by atoms with Gasteiger partial charge in [0.25, 0.3) is 0 Å². The van der Waals surface area contributed by atoms with E-state index >= 15 is 0 Å². The maximum atomic E-state index is 13.8. The molecule has 0 bridgehead atoms. The van der Waals surface area contributed by atoms with Gasteiger partial charge in [-0.1, -0.05) is 23.2 Å². The molecule has 0 fully saturated rings. The molecule has 56 heavy (non-hydrogen) atoms. The van der Waals surface area contributed by atoms with Crippen molar-refractivity contribution in [2.24, 2.45) is 14.1 Å². The Balaban J connectivity index is 1.44. The Morgan fingerprint density at radius 1 is 0.643 bits per heavy atom. The highest BCUT2D eigenvalue weighted by Crippen LogP contribution is 2.35. The van der Waals surface area contributed by atoms with Crippen LogP contribution in [-0.2, 0) is 66.0 Å². The summed E-state index contributed by atoms with van der Waals surface area (Å²) in [5, 5.41) is 8.18. The van der Waals surface area contributed by atoms with E-state index in [0.29, 0.717) is 0 Å². The number of ketones is 2. The van der Waals surface area contributed by atoms with E-state index in [0.717, 1.165) is 12.5 Å². The van der Waals surface area contributed by atoms with Crippen LogP contribution < -0.4 is 9.47 Å². The van der Waals surface area contributed by atoms with Crippen LogP contribution in [0.5, 0.6) is 11.8 Å². The number of unbranched alkanes of at least 4 members (excludes halogenated alkanes) is 1. The number of nitrogens with zero attached hydrogens (tertiary/aromatic N) is 4. The predicted octanol–water partition coefficient (Wildman–Crippen LogP) is 4.71. The Morgan fingerprint density at radius 3 is 1.29 bits per heavy atom. The van der Waals surface area contributed by atoms with Gasteiger partial charge in [-0.15, -0.1) is 0 Å². The van der Waals surface area contributed by atoms with E-state index in [1.54, 1.807) is 0 Å². The van der Waals surface area contributed by atoms with E-state index in [4.69, 9.17) is 42.1 Å². The first-order valence-corrected chi connectivity index (χ1v) is 21.3. The van der Waals surface area contributed by atoms with Crippen LogP contribution in [0, 0.1) is 13.8 Å². The number of carbonyl (C=O) groups is 4. The largest absolute Gasteiger partial charge is 0.407 e. The highest BCUT2D eigenvalue weighted by atomic mass is 35.5. The van der Waals surface area contributed by atoms with Crippen molar-refractivity contribution < 1.29 is 55.0 Å². The Bertz CT molecular complexity index is 2290. The van der Waals surface area contributed by atoms with Crippen molar-refractivity contribution in [2.45, 2.75) is 62.5 Å². The second-order valence-corrected chi connectivity index (χ2v) is 17.5. The summed E-state index contributed by atoms with van der Waals surface area (Å²) in [6, 6.07) is 5.06. The maximum Gasteiger partial charge on any atom is 0.312 e. The average Bonchev–Trinajstić information content (AvgIpc) is 3.54. The molecule has 0 atom stereocenters. The number of rotatable bonds is 17. The molecular weight excluding hydrogens is 815 g/mol. The number of methoxy groups -OCH3 is 2. The summed E-state index contributed by atoms with van der Waals surface area (Å²) in [6.07, 6.45) is 2.05. The molecule has 20 heteroatoms. The van der Waals surface area contributed by atoms with Gasteiger partial charge in [0.05, 0.1) is 44.4 Å². The number of benzene rings is 2. The molecule has 2 aromatic carbocycles. The van der Waals surface area contributed by atoms with Crippen LogP contribution in [0.25, 0.3) is 0 Å². The highest BCUT2D eigenvalue weighted by Gasteiger charge is 2.31. The van der Waals surface area contributed by atoms with Crippen molar-refractivity contribution >= 4 is 66.4 Å². The zero-order valence-corrected chi connectivity index (χ0v) is 35.0. The molecule has 16 nitrogen and oxygen atoms in total. The number of sulfone groups is 2. The zero-order valence-electron chi connectivity index (χ0n) is 31.8. The first-order valence-electron chi connectivity index (χ1n) is 16.7. The summed E-state index contributed by atoms with van der Waals surface area (Å²) in [5.74, 6) is -3.08. The number of aryl methyl sites for hydroxylation is 4. The molecule has 0 saturated carbocycles. The first-order chi connectivity index (χ1) is 26.1. The average molecular weight is 856 g/mol. The molecule has 2 heterocycles. The molecule has 0 aliphatic heterocycles. The van der Waals surface area contributed by atoms with Gasteiger partial charge >= 0.3 is 11.9 Å². The lowest BCUT2D eigenvalue weighted by Gasteiger charge is -2.14. The fourth-order valence-corrected chi connectivity index (χ4v) is 8.54. The molecular formula is C36H40Cl2N4O12S2. The van der Waals surface area contributed by atoms with Crippen molar-refractivity contribution in [1.29, 1.82) is 0 Å². The number of hydrogen-bond donors (Lipinski definition) is 0. The molecule has 0 spiro atoms. The summed E-state index contributed by atoms with van der Waals surface area (Å²) >= 11 is 13.1. The summed E-state index contributed by atoms with van der Waals surface area (Å²) in [5.41, 5.74) is 0.458. The van der Waals surface area contributed by atoms with Crippen LogP contribution in [0.15, 0.2) is 34.1 Å². The molecule has 0 aliphatic carbocycles. The third kappa shape index (κ3) is 9.55. The first kappa shape index (κ1) is 44.3. The zero-order chi connectivity index (χ0) is 41.9. The molecule has 4 rings (SSSR count). The summed E-state index contributed by atoms with van der Waals surface area (Å²) in [6.45, 7) is 2.71. The molecule has 0 amide bonds. The van der Waals surface area contributed by atoms with Crippen molar-refractivity contribution in [3.8, 4) is 11.8 Å². The van der Waals surface area contributed by atoms with Crippen molar-refractivity contribution in [3.05, 3.63) is 79.1 Å². The number of halogens is 2. The van der Waals surface area contributed by atoms with Crippen LogP contribution in [0.2, 0.25) is 10.0 Å². The molecule has 0 N–H and O–H groups in total. The molecule has 0 radical (unpaired) electrons. The van der Waals surface area contributed by atoms with Crippen LogP contribution in [0.4, 0.5) is 0 Å². The SMILES string of the molecule is COCc1c(S(C)(=O)=O)ccc(C(=O)c2c(C)nn(C)c2OC(=O)CCCCC(=O)Oc2c(C(=O)c3ccc(S(C)(=O)=O)c(COC)c3Cl)c(C)nn2C)c1Cl. The van der Waals surface area contributed by atoms with Crippen LogP contribution >= 0.6 is 23.2 Å². The number of aromatic nitrogens is 4. The summed E-state index contributed by atoms with van der Waals surface area (Å²) in [7, 11) is -1.75. The third-order valence-corrected chi connectivity index (χ3v) is 11.7. The van der Waals surface area contributed by atoms with E-state index in [-0.39, 0.29) is 115 Å². The third-order valence-electron chi connectivity index (χ3n) is 8.49. The van der Waals surface area contributed by atoms with Gasteiger partial charge in [-0.2, -0.15) is 10.2 Å². The van der Waals surface area contributed by atoms with Gasteiger partial charge in [0.15, 0.2) is 19.7 Å². The fraction of sp³-hybridized carbons (Fsp3) is 0.389. The predicted molar refractivity (Wildman–Crippen MR) is 203 cm³/mol. The number of carbonyl (C=O) groups excluding carboxylic acids is 4. The molecule has 302 valence electrons. The van der Waals surface area contributed by atoms with E-state index in [1.165, 1.54) is 75.8 Å². The monoisotopic (exact) mass is 854 g/mol. The molecule has 0 aliphatic rings. The topological polar surface area (TPSA) is 209 Å². The number of esters is 2. The lowest BCUT2D eigenvalue weighted by molar-refractivity contribution is -0.137. The second kappa shape index (κ2) is 17.8. The summed E-state index contributed by atoms with van der Waals surface area (Å²) in [4.78, 5) is 53.2. The van der Waals surface area contributed by atoms with Crippen LogP contribution in [0.3, 0.4) is 0 Å². The van der Waals surface area contributed by atoms with Crippen molar-refractivity contribution in [2.75, 3.05) is 26.7 Å². The normalized spacial score (nSPS) is 11.8. The van der Waals surface area contributed by atoms with Gasteiger partial charge in [0, 0.05) is 75.9 Å². The van der Waals surface area contributed by atoms with Crippen molar-refractivity contribution in [3.63, 3.8) is 0 Å². The quantitative estimate of drug-likeness (QED) is 0.0801. The van der Waals surface area contributed by atoms with Crippen molar-refractivity contribution in [1.82, 2.24) is 19.6 Å². The minimum atomic E-state index is -3.70. The Morgan fingerprint density at radius 2 is 0.982 bits per heavy atom. The van der Waals surface area contributed by atoms with E-state index in [1.807, 2.05) is 0 Å². The number of ether oxygens (including phenoxy) is 4. The smallest absolute Gasteiger partial charge is 0.312 e. The van der Waals surface area contributed by atoms with E-state index in [9.17, 15) is 36.0 Å². The van der Waals surface area contributed by atoms with Crippen LogP contribution in [0.1, 0.15) is 80.0 Å². The highest BCUT2D eigenvalue weighted by molar-refractivity contribution is 7.91. The fourth-order valence-electron chi connectivity index (χ4n) is 5.97. The van der Waals surface area contributed by atoms with Gasteiger partial charge in [-0.25, -0.2) is 26.2 Å². The van der Waals surface area contributed by atoms with Gasteiger partial charge in [-0.05, 0) is 51.0 Å². The minimum Gasteiger partial charge on any atom is -0.407 e. The maximum absolute atomic E-state index is 13.8. The summed E-state index contributed by atoms with van der Waals surface area (Å²) < 4.78 is 73.1. The lowest BCUT2D eigenvalue weighted by Crippen LogP contribution is -2.16. The Hall–Kier alpha value is -4.46. The lowest BCUT2D eigenvalue weighted by atomic mass is 10.0. The van der Waals surface area contributed by atoms with Crippen LogP contribution in [-0.4, -0.2) is 86.6 Å². The standard InChI is InChI=1S/C36H40Cl2N4O12S2/c1-19-29(33(45)21-13-15-25(55(7,47)48)23(17-51-5)31(21)37)35(41(3)39-19)53-27(43)11-9-10-12-28(44)54-36-30(20(2)40-42(36)4)34(46)22-14-16-26(56(8,49)50)24(18-52-6)32(22)38/h13-16H,9-12,17-18H2,1-8H3. The minimum absolute atomic E-state index is 0.0460.